The van der Waals surface area contributed by atoms with Gasteiger partial charge in [0, 0.05) is 0 Å². The van der Waals surface area contributed by atoms with Crippen LogP contribution in [0.2, 0.25) is 0 Å². The van der Waals surface area contributed by atoms with E-state index in [1.165, 1.54) is 0 Å². The zero-order chi connectivity index (χ0) is 15.1. The lowest BCUT2D eigenvalue weighted by molar-refractivity contribution is -0.870. The number of nitrogens with zero attached hydrogens (tertiary/aromatic N) is 1. The molecule has 0 aromatic heterocycles. The molecule has 20 heavy (non-hydrogen) atoms. The second-order valence-electron chi connectivity index (χ2n) is 4.89. The number of rotatable bonds is 4. The van der Waals surface area contributed by atoms with Crippen LogP contribution < -0.4 is 34.2 Å². The zero-order valence-corrected chi connectivity index (χ0v) is 13.8. The predicted molar refractivity (Wildman–Crippen MR) is 65.1 cm³/mol. The highest BCUT2D eigenvalue weighted by molar-refractivity contribution is 5.89. The average molecular weight is 395 g/mol. The molecule has 0 amide bonds. The fraction of sp³-hybridized carbons (Fsp3) is 0.385. The number of aromatic carboxylic acids is 2. The van der Waals surface area contributed by atoms with Gasteiger partial charge in [0.15, 0.2) is 0 Å². The quantitative estimate of drug-likeness (QED) is 0.407. The first-order valence-electron chi connectivity index (χ1n) is 5.61. The van der Waals surface area contributed by atoms with Crippen LogP contribution in [0.25, 0.3) is 0 Å². The van der Waals surface area contributed by atoms with Crippen molar-refractivity contribution >= 4 is 11.9 Å². The maximum Gasteiger partial charge on any atom is 0.101 e. The summed E-state index contributed by atoms with van der Waals surface area (Å²) >= 11 is 0. The number of carboxylic acid groups (broad SMARTS) is 2. The van der Waals surface area contributed by atoms with Crippen LogP contribution in [0.1, 0.15) is 20.7 Å². The third kappa shape index (κ3) is 9.70. The number of halogens is 1. The fourth-order valence-electron chi connectivity index (χ4n) is 1.04. The molecule has 1 aromatic carbocycles. The molecule has 1 aromatic rings. The van der Waals surface area contributed by atoms with Crippen molar-refractivity contribution in [1.29, 1.82) is 0 Å². The maximum atomic E-state index is 10.2. The molecule has 0 radical (unpaired) electrons. The van der Waals surface area contributed by atoms with Gasteiger partial charge in [0.25, 0.3) is 0 Å². The molecule has 0 saturated carbocycles. The highest BCUT2D eigenvalue weighted by Crippen LogP contribution is 2.01. The highest BCUT2D eigenvalue weighted by Gasteiger charge is 2.02. The molecule has 0 aliphatic heterocycles. The van der Waals surface area contributed by atoms with Crippen LogP contribution in [0, 0.1) is 0 Å². The minimum Gasteiger partial charge on any atom is -1.00 e. The van der Waals surface area contributed by atoms with E-state index >= 15 is 0 Å². The molecule has 0 aliphatic rings. The van der Waals surface area contributed by atoms with Crippen molar-refractivity contribution in [2.75, 3.05) is 34.3 Å². The zero-order valence-electron chi connectivity index (χ0n) is 11.6. The van der Waals surface area contributed by atoms with Gasteiger partial charge in [-0.3, -0.25) is 0 Å². The molecule has 114 valence electrons. The number of aliphatic hydroxyl groups excluding tert-OH is 1. The molecule has 0 bridgehead atoms. The Bertz CT molecular complexity index is 392. The lowest BCUT2D eigenvalue weighted by Gasteiger charge is -2.21. The van der Waals surface area contributed by atoms with E-state index in [9.17, 15) is 19.8 Å². The summed E-state index contributed by atoms with van der Waals surface area (Å²) in [5.74, 6) is -2.67. The number of aliphatic hydroxyl groups is 1. The van der Waals surface area contributed by atoms with Gasteiger partial charge >= 0.3 is 0 Å². The number of benzene rings is 1. The predicted octanol–water partition coefficient (Wildman–Crippen LogP) is -4.90. The van der Waals surface area contributed by atoms with E-state index in [-0.39, 0.29) is 41.7 Å². The second kappa shape index (κ2) is 9.67. The number of hydrogen-bond donors (Lipinski definition) is 1. The molecular weight excluding hydrogens is 377 g/mol. The summed E-state index contributed by atoms with van der Waals surface area (Å²) in [7, 11) is 6.16. The molecule has 0 fully saturated rings. The minimum atomic E-state index is -1.33. The van der Waals surface area contributed by atoms with Crippen molar-refractivity contribution < 1.29 is 53.4 Å². The third-order valence-electron chi connectivity index (χ3n) is 2.13. The Morgan fingerprint density at radius 3 is 1.40 bits per heavy atom. The van der Waals surface area contributed by atoms with Crippen molar-refractivity contribution in [2.24, 2.45) is 0 Å². The third-order valence-corrected chi connectivity index (χ3v) is 2.13. The summed E-state index contributed by atoms with van der Waals surface area (Å²) in [4.78, 5) is 20.4. The molecule has 7 heteroatoms. The summed E-state index contributed by atoms with van der Waals surface area (Å²) in [6.07, 6.45) is 0. The van der Waals surface area contributed by atoms with Gasteiger partial charge in [0.05, 0.1) is 39.7 Å². The molecule has 6 nitrogen and oxygen atoms in total. The first-order valence-corrected chi connectivity index (χ1v) is 5.61. The van der Waals surface area contributed by atoms with Crippen LogP contribution in [-0.4, -0.2) is 55.8 Å². The van der Waals surface area contributed by atoms with Crippen LogP contribution in [0.4, 0.5) is 0 Å². The van der Waals surface area contributed by atoms with Crippen LogP contribution >= 0.6 is 0 Å². The van der Waals surface area contributed by atoms with Gasteiger partial charge in [-0.2, -0.15) is 0 Å². The SMILES string of the molecule is C[N+](C)(C)CCO.O=C([O-])c1ccc(C(=O)[O-])cc1.[I-]. The van der Waals surface area contributed by atoms with E-state index in [4.69, 9.17) is 5.11 Å². The second-order valence-corrected chi connectivity index (χ2v) is 4.89. The molecule has 0 saturated heterocycles. The van der Waals surface area contributed by atoms with Gasteiger partial charge in [-0.15, -0.1) is 0 Å². The summed E-state index contributed by atoms with van der Waals surface area (Å²) in [5, 5.41) is 28.8. The first-order chi connectivity index (χ1) is 8.67. The largest absolute Gasteiger partial charge is 1.00 e. The molecule has 1 N–H and O–H groups in total. The molecule has 0 spiro atoms. The molecule has 0 atom stereocenters. The van der Waals surface area contributed by atoms with E-state index in [2.05, 4.69) is 21.1 Å². The lowest BCUT2D eigenvalue weighted by Crippen LogP contribution is -3.00. The molecular formula is C13H18INO5-2. The van der Waals surface area contributed by atoms with Crippen molar-refractivity contribution in [3.63, 3.8) is 0 Å². The topological polar surface area (TPSA) is 100 Å². The Balaban J connectivity index is 0. The van der Waals surface area contributed by atoms with Gasteiger partial charge in [0.1, 0.15) is 6.54 Å². The Kier molecular flexibility index (Phi) is 10.2. The van der Waals surface area contributed by atoms with Crippen molar-refractivity contribution in [2.45, 2.75) is 0 Å². The number of carbonyl (C=O) groups is 2. The molecule has 0 heterocycles. The van der Waals surface area contributed by atoms with Gasteiger partial charge in [0.2, 0.25) is 0 Å². The van der Waals surface area contributed by atoms with Crippen molar-refractivity contribution in [3.05, 3.63) is 35.4 Å². The Morgan fingerprint density at radius 2 is 1.30 bits per heavy atom. The number of quaternary nitrogens is 1. The maximum absolute atomic E-state index is 10.2. The number of carboxylic acids is 2. The summed E-state index contributed by atoms with van der Waals surface area (Å²) in [5.41, 5.74) is -0.111. The fourth-order valence-corrected chi connectivity index (χ4v) is 1.04. The lowest BCUT2D eigenvalue weighted by atomic mass is 10.1. The standard InChI is InChI=1S/C8H6O4.C5H14NO.HI/c9-7(10)5-1-2-6(4-3-5)8(11)12;1-6(2,3)4-5-7;/h1-4H,(H,9,10)(H,11,12);7H,4-5H2,1-3H3;1H/q;+1;/p-3. The normalized spacial score (nSPS) is 9.80. The molecule has 1 rings (SSSR count). The van der Waals surface area contributed by atoms with Gasteiger partial charge in [-0.05, 0) is 11.1 Å². The van der Waals surface area contributed by atoms with Crippen LogP contribution in [0.5, 0.6) is 0 Å². The highest BCUT2D eigenvalue weighted by atomic mass is 127. The monoisotopic (exact) mass is 395 g/mol. The van der Waals surface area contributed by atoms with Crippen LogP contribution in [0.15, 0.2) is 24.3 Å². The minimum absolute atomic E-state index is 0. The molecule has 0 unspecified atom stereocenters. The Morgan fingerprint density at radius 1 is 1.00 bits per heavy atom. The van der Waals surface area contributed by atoms with Crippen molar-refractivity contribution in [1.82, 2.24) is 0 Å². The summed E-state index contributed by atoms with van der Waals surface area (Å²) in [6.45, 7) is 1.11. The molecule has 0 aliphatic carbocycles. The van der Waals surface area contributed by atoms with Crippen LogP contribution in [0.3, 0.4) is 0 Å². The van der Waals surface area contributed by atoms with Crippen molar-refractivity contribution in [3.8, 4) is 0 Å². The van der Waals surface area contributed by atoms with Gasteiger partial charge < -0.3 is 53.4 Å². The van der Waals surface area contributed by atoms with Gasteiger partial charge in [-0.1, -0.05) is 24.3 Å². The Hall–Kier alpha value is -1.19. The summed E-state index contributed by atoms with van der Waals surface area (Å²) < 4.78 is 0.844. The van der Waals surface area contributed by atoms with E-state index in [0.29, 0.717) is 0 Å². The number of likely N-dealkylation sites (N-methyl/N-ethyl adjacent to an activating group) is 1. The first kappa shape index (κ1) is 21.1. The van der Waals surface area contributed by atoms with E-state index < -0.39 is 11.9 Å². The smallest absolute Gasteiger partial charge is 0.101 e. The van der Waals surface area contributed by atoms with E-state index in [1.54, 1.807) is 0 Å². The average Bonchev–Trinajstić information content (AvgIpc) is 2.28. The van der Waals surface area contributed by atoms with E-state index in [1.807, 2.05) is 0 Å². The van der Waals surface area contributed by atoms with Crippen LogP contribution in [-0.2, 0) is 0 Å². The number of carbonyl (C=O) groups excluding carboxylic acids is 2. The Labute approximate surface area is 135 Å². The number of hydrogen-bond acceptors (Lipinski definition) is 5. The summed E-state index contributed by atoms with van der Waals surface area (Å²) in [6, 6.07) is 4.61. The van der Waals surface area contributed by atoms with Gasteiger partial charge in [-0.25, -0.2) is 0 Å². The van der Waals surface area contributed by atoms with E-state index in [0.717, 1.165) is 35.3 Å².